The molecule has 3 aromatic rings. The van der Waals surface area contributed by atoms with Crippen LogP contribution in [0.5, 0.6) is 11.5 Å². The first-order valence-electron chi connectivity index (χ1n) is 11.9. The van der Waals surface area contributed by atoms with Crippen molar-refractivity contribution in [2.45, 2.75) is 17.7 Å². The van der Waals surface area contributed by atoms with Crippen molar-refractivity contribution in [2.24, 2.45) is 0 Å². The zero-order valence-electron chi connectivity index (χ0n) is 20.2. The third kappa shape index (κ3) is 6.33. The van der Waals surface area contributed by atoms with Crippen LogP contribution in [0.3, 0.4) is 0 Å². The second-order valence-corrected chi connectivity index (χ2v) is 10.3. The zero-order chi connectivity index (χ0) is 25.4. The molecule has 0 aromatic heterocycles. The Morgan fingerprint density at radius 1 is 0.917 bits per heavy atom. The van der Waals surface area contributed by atoms with E-state index in [2.05, 4.69) is 5.32 Å². The molecule has 0 aliphatic carbocycles. The van der Waals surface area contributed by atoms with Crippen LogP contribution in [-0.2, 0) is 14.8 Å². The van der Waals surface area contributed by atoms with Crippen molar-refractivity contribution >= 4 is 27.6 Å². The highest BCUT2D eigenvalue weighted by atomic mass is 32.2. The number of carbonyl (C=O) groups is 1. The molecule has 0 radical (unpaired) electrons. The first-order valence-corrected chi connectivity index (χ1v) is 13.3. The molecule has 0 spiro atoms. The Kier molecular flexibility index (Phi) is 8.40. The van der Waals surface area contributed by atoms with Crippen LogP contribution in [0.15, 0.2) is 83.8 Å². The maximum Gasteiger partial charge on any atom is 0.252 e. The Bertz CT molecular complexity index is 1280. The van der Waals surface area contributed by atoms with Crippen LogP contribution in [0, 0.1) is 0 Å². The third-order valence-electron chi connectivity index (χ3n) is 5.94. The van der Waals surface area contributed by atoms with E-state index in [1.807, 2.05) is 60.7 Å². The van der Waals surface area contributed by atoms with Crippen LogP contribution in [0.4, 0.5) is 0 Å². The topological polar surface area (TPSA) is 84.9 Å². The number of hydrogen-bond donors (Lipinski definition) is 1. The van der Waals surface area contributed by atoms with Gasteiger partial charge in [0.15, 0.2) is 0 Å². The highest BCUT2D eigenvalue weighted by Crippen LogP contribution is 2.23. The number of sulfonamides is 1. The molecule has 0 saturated carbocycles. The average molecular weight is 507 g/mol. The van der Waals surface area contributed by atoms with Gasteiger partial charge in [-0.25, -0.2) is 8.42 Å². The molecule has 7 nitrogen and oxygen atoms in total. The highest BCUT2D eigenvalue weighted by Gasteiger charge is 2.26. The highest BCUT2D eigenvalue weighted by molar-refractivity contribution is 7.89. The van der Waals surface area contributed by atoms with Crippen molar-refractivity contribution in [3.8, 4) is 11.5 Å². The van der Waals surface area contributed by atoms with Crippen LogP contribution in [-0.4, -0.2) is 52.0 Å². The second kappa shape index (κ2) is 11.9. The zero-order valence-corrected chi connectivity index (χ0v) is 21.0. The number of methoxy groups -OCH3 is 1. The number of rotatable bonds is 10. The SMILES string of the molecule is COc1ccc(/C=C(/C(=O)NCCOc2ccc(S(=O)(=O)N3CCCC3)cc2)c2ccccc2)cc1. The quantitative estimate of drug-likeness (QED) is 0.253. The molecule has 1 aliphatic rings. The monoisotopic (exact) mass is 506 g/mol. The van der Waals surface area contributed by atoms with E-state index in [1.165, 1.54) is 4.31 Å². The van der Waals surface area contributed by atoms with E-state index < -0.39 is 10.0 Å². The summed E-state index contributed by atoms with van der Waals surface area (Å²) in [4.78, 5) is 13.3. The van der Waals surface area contributed by atoms with Gasteiger partial charge >= 0.3 is 0 Å². The lowest BCUT2D eigenvalue weighted by Crippen LogP contribution is -2.29. The summed E-state index contributed by atoms with van der Waals surface area (Å²) in [6.07, 6.45) is 3.63. The van der Waals surface area contributed by atoms with Crippen molar-refractivity contribution in [3.63, 3.8) is 0 Å². The molecule has 1 saturated heterocycles. The van der Waals surface area contributed by atoms with E-state index in [0.29, 0.717) is 31.0 Å². The van der Waals surface area contributed by atoms with E-state index in [0.717, 1.165) is 29.7 Å². The average Bonchev–Trinajstić information content (AvgIpc) is 3.47. The molecule has 1 heterocycles. The van der Waals surface area contributed by atoms with Gasteiger partial charge in [0.2, 0.25) is 10.0 Å². The Hall–Kier alpha value is -3.62. The fourth-order valence-electron chi connectivity index (χ4n) is 3.98. The van der Waals surface area contributed by atoms with Crippen LogP contribution >= 0.6 is 0 Å². The van der Waals surface area contributed by atoms with Gasteiger partial charge in [-0.15, -0.1) is 0 Å². The number of carbonyl (C=O) groups excluding carboxylic acids is 1. The third-order valence-corrected chi connectivity index (χ3v) is 7.85. The van der Waals surface area contributed by atoms with Gasteiger partial charge in [-0.1, -0.05) is 42.5 Å². The molecule has 3 aromatic carbocycles. The Morgan fingerprint density at radius 2 is 1.56 bits per heavy atom. The summed E-state index contributed by atoms with van der Waals surface area (Å²) in [5, 5.41) is 2.91. The fourth-order valence-corrected chi connectivity index (χ4v) is 5.50. The Balaban J connectivity index is 1.35. The number of ether oxygens (including phenoxy) is 2. The Morgan fingerprint density at radius 3 is 2.19 bits per heavy atom. The van der Waals surface area contributed by atoms with Crippen molar-refractivity contribution in [3.05, 3.63) is 90.0 Å². The predicted octanol–water partition coefficient (Wildman–Crippen LogP) is 4.22. The maximum atomic E-state index is 13.0. The fraction of sp³-hybridized carbons (Fsp3) is 0.250. The van der Waals surface area contributed by atoms with E-state index in [9.17, 15) is 13.2 Å². The summed E-state index contributed by atoms with van der Waals surface area (Å²) in [5.41, 5.74) is 2.23. The summed E-state index contributed by atoms with van der Waals surface area (Å²) >= 11 is 0. The Labute approximate surface area is 212 Å². The molecule has 4 rings (SSSR count). The number of nitrogens with zero attached hydrogens (tertiary/aromatic N) is 1. The van der Waals surface area contributed by atoms with Gasteiger partial charge < -0.3 is 14.8 Å². The summed E-state index contributed by atoms with van der Waals surface area (Å²) in [7, 11) is -1.84. The van der Waals surface area contributed by atoms with Crippen molar-refractivity contribution in [1.29, 1.82) is 0 Å². The lowest BCUT2D eigenvalue weighted by atomic mass is 10.0. The van der Waals surface area contributed by atoms with Crippen LogP contribution in [0.1, 0.15) is 24.0 Å². The summed E-state index contributed by atoms with van der Waals surface area (Å²) in [6.45, 7) is 1.67. The molecule has 188 valence electrons. The molecule has 0 unspecified atom stereocenters. The number of benzene rings is 3. The molecular formula is C28H30N2O5S. The molecule has 36 heavy (non-hydrogen) atoms. The van der Waals surface area contributed by atoms with Crippen LogP contribution in [0.2, 0.25) is 0 Å². The summed E-state index contributed by atoms with van der Waals surface area (Å²) in [6, 6.07) is 23.4. The van der Waals surface area contributed by atoms with E-state index in [1.54, 1.807) is 31.4 Å². The van der Waals surface area contributed by atoms with Crippen LogP contribution in [0.25, 0.3) is 11.6 Å². The largest absolute Gasteiger partial charge is 0.497 e. The molecule has 8 heteroatoms. The number of amides is 1. The first kappa shape index (κ1) is 25.5. The van der Waals surface area contributed by atoms with Gasteiger partial charge in [-0.3, -0.25) is 4.79 Å². The van der Waals surface area contributed by atoms with Gasteiger partial charge in [0.05, 0.1) is 18.6 Å². The minimum Gasteiger partial charge on any atom is -0.497 e. The van der Waals surface area contributed by atoms with Crippen LogP contribution < -0.4 is 14.8 Å². The number of nitrogens with one attached hydrogen (secondary N) is 1. The molecule has 1 N–H and O–H groups in total. The second-order valence-electron chi connectivity index (χ2n) is 8.38. The van der Waals surface area contributed by atoms with Crippen molar-refractivity contribution in [1.82, 2.24) is 9.62 Å². The lowest BCUT2D eigenvalue weighted by Gasteiger charge is -2.15. The molecule has 0 atom stereocenters. The summed E-state index contributed by atoms with van der Waals surface area (Å²) < 4.78 is 37.7. The minimum absolute atomic E-state index is 0.215. The van der Waals surface area contributed by atoms with Crippen molar-refractivity contribution in [2.75, 3.05) is 33.4 Å². The van der Waals surface area contributed by atoms with E-state index >= 15 is 0 Å². The van der Waals surface area contributed by atoms with E-state index in [-0.39, 0.29) is 17.4 Å². The smallest absolute Gasteiger partial charge is 0.252 e. The first-order chi connectivity index (χ1) is 17.5. The maximum absolute atomic E-state index is 13.0. The van der Waals surface area contributed by atoms with Gasteiger partial charge in [0.25, 0.3) is 5.91 Å². The normalized spacial score (nSPS) is 14.4. The lowest BCUT2D eigenvalue weighted by molar-refractivity contribution is -0.115. The van der Waals surface area contributed by atoms with Gasteiger partial charge in [-0.05, 0) is 66.4 Å². The molecule has 1 aliphatic heterocycles. The molecule has 1 fully saturated rings. The van der Waals surface area contributed by atoms with Gasteiger partial charge in [0, 0.05) is 18.7 Å². The van der Waals surface area contributed by atoms with Gasteiger partial charge in [-0.2, -0.15) is 4.31 Å². The molecule has 0 bridgehead atoms. The number of hydrogen-bond acceptors (Lipinski definition) is 5. The van der Waals surface area contributed by atoms with Gasteiger partial charge in [0.1, 0.15) is 18.1 Å². The van der Waals surface area contributed by atoms with Crippen molar-refractivity contribution < 1.29 is 22.7 Å². The molecule has 1 amide bonds. The summed E-state index contributed by atoms with van der Waals surface area (Å²) in [5.74, 6) is 1.08. The standard InChI is InChI=1S/C28H30N2O5S/c1-34-24-11-9-22(10-12-24)21-27(23-7-3-2-4-8-23)28(31)29-17-20-35-25-13-15-26(16-14-25)36(32,33)30-18-5-6-19-30/h2-4,7-16,21H,5-6,17-20H2,1H3,(H,29,31)/b27-21+. The molecular weight excluding hydrogens is 476 g/mol. The minimum atomic E-state index is -3.45. The van der Waals surface area contributed by atoms with E-state index in [4.69, 9.17) is 9.47 Å². The predicted molar refractivity (Wildman–Crippen MR) is 140 cm³/mol.